The molecular formula is C18H26N2O3. The standard InChI is InChI=1S/C18H26N2O3/c1-22-14-17-13-20(9-10-23-17)18(21)16-6-4-5-15(11-16)12-19-7-2-3-8-19/h4-6,11,17H,2-3,7-10,12-14H2,1H3/t17-/m0/s1. The molecule has 0 saturated carbocycles. The van der Waals surface area contributed by atoms with E-state index >= 15 is 0 Å². The van der Waals surface area contributed by atoms with Crippen molar-refractivity contribution in [3.8, 4) is 0 Å². The molecule has 126 valence electrons. The number of hydrogen-bond donors (Lipinski definition) is 0. The summed E-state index contributed by atoms with van der Waals surface area (Å²) >= 11 is 0. The van der Waals surface area contributed by atoms with Crippen LogP contribution in [0, 0.1) is 0 Å². The Labute approximate surface area is 138 Å². The van der Waals surface area contributed by atoms with Crippen LogP contribution in [0.5, 0.6) is 0 Å². The van der Waals surface area contributed by atoms with Gasteiger partial charge in [0.25, 0.3) is 5.91 Å². The van der Waals surface area contributed by atoms with E-state index in [9.17, 15) is 4.79 Å². The van der Waals surface area contributed by atoms with Crippen LogP contribution in [0.2, 0.25) is 0 Å². The Hall–Kier alpha value is -1.43. The van der Waals surface area contributed by atoms with E-state index in [2.05, 4.69) is 11.0 Å². The van der Waals surface area contributed by atoms with Gasteiger partial charge in [-0.05, 0) is 43.6 Å². The molecule has 2 saturated heterocycles. The average molecular weight is 318 g/mol. The van der Waals surface area contributed by atoms with Crippen LogP contribution in [0.1, 0.15) is 28.8 Å². The molecule has 2 heterocycles. The highest BCUT2D eigenvalue weighted by Gasteiger charge is 2.25. The number of amides is 1. The Balaban J connectivity index is 1.64. The maximum Gasteiger partial charge on any atom is 0.254 e. The highest BCUT2D eigenvalue weighted by molar-refractivity contribution is 5.94. The number of carbonyl (C=O) groups is 1. The topological polar surface area (TPSA) is 42.0 Å². The molecule has 1 atom stereocenters. The third-order valence-electron chi connectivity index (χ3n) is 4.56. The van der Waals surface area contributed by atoms with Gasteiger partial charge in [0.05, 0.1) is 19.3 Å². The number of morpholine rings is 1. The number of benzene rings is 1. The fourth-order valence-electron chi connectivity index (χ4n) is 3.37. The summed E-state index contributed by atoms with van der Waals surface area (Å²) in [4.78, 5) is 17.1. The zero-order chi connectivity index (χ0) is 16.1. The summed E-state index contributed by atoms with van der Waals surface area (Å²) in [6.07, 6.45) is 2.55. The van der Waals surface area contributed by atoms with Crippen molar-refractivity contribution in [1.82, 2.24) is 9.80 Å². The second-order valence-electron chi connectivity index (χ2n) is 6.38. The summed E-state index contributed by atoms with van der Waals surface area (Å²) < 4.78 is 10.8. The predicted octanol–water partition coefficient (Wildman–Crippen LogP) is 1.77. The highest BCUT2D eigenvalue weighted by atomic mass is 16.5. The van der Waals surface area contributed by atoms with Crippen molar-refractivity contribution < 1.29 is 14.3 Å². The van der Waals surface area contributed by atoms with Gasteiger partial charge in [0, 0.05) is 32.3 Å². The molecule has 0 aromatic heterocycles. The van der Waals surface area contributed by atoms with E-state index in [1.807, 2.05) is 23.1 Å². The highest BCUT2D eigenvalue weighted by Crippen LogP contribution is 2.16. The number of likely N-dealkylation sites (tertiary alicyclic amines) is 1. The summed E-state index contributed by atoms with van der Waals surface area (Å²) in [6.45, 7) is 5.63. The van der Waals surface area contributed by atoms with Gasteiger partial charge < -0.3 is 14.4 Å². The van der Waals surface area contributed by atoms with Gasteiger partial charge in [-0.3, -0.25) is 9.69 Å². The summed E-state index contributed by atoms with van der Waals surface area (Å²) in [5, 5.41) is 0. The minimum absolute atomic E-state index is 0.0227. The monoisotopic (exact) mass is 318 g/mol. The number of nitrogens with zero attached hydrogens (tertiary/aromatic N) is 2. The van der Waals surface area contributed by atoms with Crippen molar-refractivity contribution in [2.24, 2.45) is 0 Å². The van der Waals surface area contributed by atoms with E-state index < -0.39 is 0 Å². The molecule has 1 aromatic carbocycles. The van der Waals surface area contributed by atoms with E-state index in [-0.39, 0.29) is 12.0 Å². The molecule has 0 N–H and O–H groups in total. The van der Waals surface area contributed by atoms with Crippen LogP contribution >= 0.6 is 0 Å². The molecule has 1 amide bonds. The summed E-state index contributed by atoms with van der Waals surface area (Å²) in [7, 11) is 1.66. The lowest BCUT2D eigenvalue weighted by Crippen LogP contribution is -2.47. The Morgan fingerprint density at radius 3 is 2.91 bits per heavy atom. The molecule has 0 radical (unpaired) electrons. The lowest BCUT2D eigenvalue weighted by atomic mass is 10.1. The molecule has 2 aliphatic rings. The second-order valence-corrected chi connectivity index (χ2v) is 6.38. The minimum atomic E-state index is -0.0227. The van der Waals surface area contributed by atoms with Gasteiger partial charge in [-0.15, -0.1) is 0 Å². The molecular weight excluding hydrogens is 292 g/mol. The zero-order valence-electron chi connectivity index (χ0n) is 13.9. The fraction of sp³-hybridized carbons (Fsp3) is 0.611. The number of carbonyl (C=O) groups excluding carboxylic acids is 1. The molecule has 2 fully saturated rings. The van der Waals surface area contributed by atoms with E-state index in [1.165, 1.54) is 31.5 Å². The van der Waals surface area contributed by atoms with E-state index in [0.29, 0.717) is 26.3 Å². The van der Waals surface area contributed by atoms with Gasteiger partial charge in [-0.2, -0.15) is 0 Å². The summed E-state index contributed by atoms with van der Waals surface area (Å²) in [5.74, 6) is 0.0951. The van der Waals surface area contributed by atoms with Crippen LogP contribution in [0.25, 0.3) is 0 Å². The molecule has 1 aromatic rings. The normalized spacial score (nSPS) is 22.5. The summed E-state index contributed by atoms with van der Waals surface area (Å²) in [5.41, 5.74) is 2.00. The van der Waals surface area contributed by atoms with Gasteiger partial charge in [-0.25, -0.2) is 0 Å². The Kier molecular flexibility index (Phi) is 5.65. The first-order chi connectivity index (χ1) is 11.3. The SMILES string of the molecule is COC[C@@H]1CN(C(=O)c2cccc(CN3CCCC3)c2)CCO1. The molecule has 3 rings (SSSR count). The Bertz CT molecular complexity index is 527. The van der Waals surface area contributed by atoms with Crippen LogP contribution < -0.4 is 0 Å². The lowest BCUT2D eigenvalue weighted by Gasteiger charge is -2.32. The molecule has 5 nitrogen and oxygen atoms in total. The van der Waals surface area contributed by atoms with Gasteiger partial charge in [0.15, 0.2) is 0 Å². The predicted molar refractivity (Wildman–Crippen MR) is 88.5 cm³/mol. The molecule has 0 spiro atoms. The quantitative estimate of drug-likeness (QED) is 0.830. The molecule has 0 aliphatic carbocycles. The smallest absolute Gasteiger partial charge is 0.254 e. The van der Waals surface area contributed by atoms with Crippen LogP contribution in [0.15, 0.2) is 24.3 Å². The first-order valence-electron chi connectivity index (χ1n) is 8.47. The maximum atomic E-state index is 12.8. The van der Waals surface area contributed by atoms with E-state index in [0.717, 1.165) is 12.1 Å². The maximum absolute atomic E-state index is 12.8. The number of methoxy groups -OCH3 is 1. The first-order valence-corrected chi connectivity index (χ1v) is 8.47. The van der Waals surface area contributed by atoms with Crippen molar-refractivity contribution in [1.29, 1.82) is 0 Å². The van der Waals surface area contributed by atoms with Crippen LogP contribution in [-0.2, 0) is 16.0 Å². The minimum Gasteiger partial charge on any atom is -0.382 e. The number of hydrogen-bond acceptors (Lipinski definition) is 4. The van der Waals surface area contributed by atoms with Gasteiger partial charge in [0.1, 0.15) is 0 Å². The van der Waals surface area contributed by atoms with Crippen molar-refractivity contribution in [3.05, 3.63) is 35.4 Å². The van der Waals surface area contributed by atoms with Gasteiger partial charge in [0.2, 0.25) is 0 Å². The van der Waals surface area contributed by atoms with Crippen molar-refractivity contribution in [2.45, 2.75) is 25.5 Å². The molecule has 0 bridgehead atoms. The van der Waals surface area contributed by atoms with Crippen molar-refractivity contribution in [3.63, 3.8) is 0 Å². The van der Waals surface area contributed by atoms with Crippen molar-refractivity contribution >= 4 is 5.91 Å². The number of rotatable bonds is 5. The molecule has 2 aliphatic heterocycles. The lowest BCUT2D eigenvalue weighted by molar-refractivity contribution is -0.0531. The molecule has 0 unspecified atom stereocenters. The Morgan fingerprint density at radius 2 is 2.13 bits per heavy atom. The zero-order valence-corrected chi connectivity index (χ0v) is 13.9. The number of ether oxygens (including phenoxy) is 2. The third-order valence-corrected chi connectivity index (χ3v) is 4.56. The molecule has 23 heavy (non-hydrogen) atoms. The fourth-order valence-corrected chi connectivity index (χ4v) is 3.37. The van der Waals surface area contributed by atoms with Crippen LogP contribution in [0.3, 0.4) is 0 Å². The van der Waals surface area contributed by atoms with Gasteiger partial charge >= 0.3 is 0 Å². The van der Waals surface area contributed by atoms with E-state index in [4.69, 9.17) is 9.47 Å². The third kappa shape index (κ3) is 4.31. The average Bonchev–Trinajstić information content (AvgIpc) is 3.08. The van der Waals surface area contributed by atoms with E-state index in [1.54, 1.807) is 7.11 Å². The second kappa shape index (κ2) is 7.90. The van der Waals surface area contributed by atoms with Gasteiger partial charge in [-0.1, -0.05) is 12.1 Å². The van der Waals surface area contributed by atoms with Crippen LogP contribution in [-0.4, -0.2) is 68.3 Å². The Morgan fingerprint density at radius 1 is 1.30 bits per heavy atom. The van der Waals surface area contributed by atoms with Crippen LogP contribution in [0.4, 0.5) is 0 Å². The first kappa shape index (κ1) is 16.4. The largest absolute Gasteiger partial charge is 0.382 e. The summed E-state index contributed by atoms with van der Waals surface area (Å²) in [6, 6.07) is 8.06. The van der Waals surface area contributed by atoms with Crippen molar-refractivity contribution in [2.75, 3.05) is 46.5 Å². The molecule has 5 heteroatoms.